The Morgan fingerprint density at radius 2 is 2.08 bits per heavy atom. The molecule has 2 N–H and O–H groups in total. The average Bonchev–Trinajstić information content (AvgIpc) is 3.41. The average molecular weight is 350 g/mol. The Kier molecular flexibility index (Phi) is 5.37. The van der Waals surface area contributed by atoms with Crippen LogP contribution in [0, 0.1) is 5.92 Å². The van der Waals surface area contributed by atoms with E-state index in [9.17, 15) is 9.90 Å². The molecule has 1 saturated carbocycles. The van der Waals surface area contributed by atoms with Gasteiger partial charge in [0.1, 0.15) is 15.7 Å². The van der Waals surface area contributed by atoms with E-state index in [1.807, 2.05) is 46.9 Å². The van der Waals surface area contributed by atoms with Crippen LogP contribution in [-0.4, -0.2) is 43.7 Å². The molecule has 1 fully saturated rings. The van der Waals surface area contributed by atoms with Crippen LogP contribution in [0.25, 0.3) is 0 Å². The van der Waals surface area contributed by atoms with E-state index < -0.39 is 6.04 Å². The zero-order valence-electron chi connectivity index (χ0n) is 15.5. The topological polar surface area (TPSA) is 71.5 Å². The van der Waals surface area contributed by atoms with Gasteiger partial charge >= 0.3 is 0 Å². The third-order valence-electron chi connectivity index (χ3n) is 4.43. The third-order valence-corrected chi connectivity index (χ3v) is 4.43. The Bertz CT molecular complexity index is 748. The van der Waals surface area contributed by atoms with Crippen LogP contribution in [0.2, 0.25) is 0 Å². The van der Waals surface area contributed by atoms with Crippen LogP contribution in [0.4, 0.5) is 0 Å². The molecule has 134 valence electrons. The second kappa shape index (κ2) is 7.54. The summed E-state index contributed by atoms with van der Waals surface area (Å²) in [5.41, 5.74) is 1.96. The van der Waals surface area contributed by atoms with Crippen molar-refractivity contribution in [3.8, 4) is 5.88 Å². The number of ether oxygens (including phenoxy) is 1. The van der Waals surface area contributed by atoms with E-state index in [2.05, 4.69) is 22.4 Å². The molecule has 3 rings (SSSR count). The summed E-state index contributed by atoms with van der Waals surface area (Å²) in [5.74, 6) is 0.752. The number of pyridine rings is 1. The molecule has 2 aromatic rings. The fourth-order valence-corrected chi connectivity index (χ4v) is 3.04. The first-order valence-corrected chi connectivity index (χ1v) is 8.98. The standard InChI is InChI=1S/C19H24B2N2O3/c1-19(20,21)26-17-8-7-13(10-22-17)16(11-24)23-18(25)15-9-14(15)12-5-3-2-4-6-12/h2-8,10,14-16,24H,9,11,20-21H2,1H3,(H,23,25)/t14-,15+,16+/m1/s1. The van der Waals surface area contributed by atoms with Gasteiger partial charge in [-0.3, -0.25) is 4.79 Å². The van der Waals surface area contributed by atoms with E-state index in [0.717, 1.165) is 12.0 Å². The minimum Gasteiger partial charge on any atom is -0.490 e. The predicted octanol–water partition coefficient (Wildman–Crippen LogP) is 0.354. The minimum absolute atomic E-state index is 0.0204. The Balaban J connectivity index is 1.60. The van der Waals surface area contributed by atoms with E-state index >= 15 is 0 Å². The highest BCUT2D eigenvalue weighted by molar-refractivity contribution is 6.38. The van der Waals surface area contributed by atoms with Crippen molar-refractivity contribution in [3.05, 3.63) is 59.8 Å². The molecule has 3 atom stereocenters. The van der Waals surface area contributed by atoms with Crippen LogP contribution in [0.3, 0.4) is 0 Å². The number of benzene rings is 1. The normalized spacial score (nSPS) is 20.2. The van der Waals surface area contributed by atoms with Gasteiger partial charge in [0.25, 0.3) is 0 Å². The Hall–Kier alpha value is -2.27. The number of nitrogens with one attached hydrogen (secondary N) is 1. The molecule has 0 spiro atoms. The lowest BCUT2D eigenvalue weighted by atomic mass is 9.67. The van der Waals surface area contributed by atoms with Gasteiger partial charge in [-0.25, -0.2) is 4.98 Å². The molecule has 0 aliphatic heterocycles. The molecule has 1 heterocycles. The maximum Gasteiger partial charge on any atom is 0.224 e. The first-order chi connectivity index (χ1) is 12.4. The number of aromatic nitrogens is 1. The van der Waals surface area contributed by atoms with Gasteiger partial charge in [0, 0.05) is 23.6 Å². The first-order valence-electron chi connectivity index (χ1n) is 8.98. The van der Waals surface area contributed by atoms with Gasteiger partial charge in [0.15, 0.2) is 0 Å². The van der Waals surface area contributed by atoms with E-state index in [4.69, 9.17) is 4.74 Å². The van der Waals surface area contributed by atoms with E-state index in [1.54, 1.807) is 12.3 Å². The summed E-state index contributed by atoms with van der Waals surface area (Å²) in [7, 11) is 3.91. The molecule has 7 heteroatoms. The molecule has 0 bridgehead atoms. The van der Waals surface area contributed by atoms with Gasteiger partial charge in [0.05, 0.1) is 12.6 Å². The van der Waals surface area contributed by atoms with Crippen LogP contribution in [0.5, 0.6) is 5.88 Å². The second-order valence-corrected chi connectivity index (χ2v) is 7.75. The molecule has 1 aromatic carbocycles. The van der Waals surface area contributed by atoms with Crippen molar-refractivity contribution in [2.75, 3.05) is 6.61 Å². The van der Waals surface area contributed by atoms with Crippen molar-refractivity contribution >= 4 is 21.6 Å². The molecule has 0 saturated heterocycles. The van der Waals surface area contributed by atoms with Gasteiger partial charge in [-0.05, 0) is 36.5 Å². The van der Waals surface area contributed by atoms with Gasteiger partial charge in [-0.2, -0.15) is 0 Å². The number of rotatable bonds is 7. The van der Waals surface area contributed by atoms with Crippen molar-refractivity contribution in [2.24, 2.45) is 5.92 Å². The smallest absolute Gasteiger partial charge is 0.224 e. The van der Waals surface area contributed by atoms with Crippen LogP contribution in [-0.2, 0) is 4.79 Å². The summed E-state index contributed by atoms with van der Waals surface area (Å²) in [6, 6.07) is 13.2. The number of aliphatic hydroxyl groups is 1. The highest BCUT2D eigenvalue weighted by Crippen LogP contribution is 2.47. The third kappa shape index (κ3) is 4.67. The zero-order chi connectivity index (χ0) is 18.7. The number of hydrogen-bond donors (Lipinski definition) is 2. The van der Waals surface area contributed by atoms with Crippen LogP contribution in [0.1, 0.15) is 36.4 Å². The molecular weight excluding hydrogens is 326 g/mol. The SMILES string of the molecule is BC(B)(C)Oc1ccc([C@H](CO)NC(=O)[C@H]2C[C@@H]2c2ccccc2)cn1. The first kappa shape index (κ1) is 18.5. The second-order valence-electron chi connectivity index (χ2n) is 7.75. The van der Waals surface area contributed by atoms with Gasteiger partial charge in [-0.15, -0.1) is 0 Å². The van der Waals surface area contributed by atoms with Crippen LogP contribution < -0.4 is 10.1 Å². The van der Waals surface area contributed by atoms with Crippen molar-refractivity contribution in [1.29, 1.82) is 0 Å². The molecule has 1 aliphatic carbocycles. The summed E-state index contributed by atoms with van der Waals surface area (Å²) in [4.78, 5) is 16.8. The number of carbonyl (C=O) groups excluding carboxylic acids is 1. The van der Waals surface area contributed by atoms with E-state index in [0.29, 0.717) is 5.88 Å². The molecule has 1 aliphatic rings. The summed E-state index contributed by atoms with van der Waals surface area (Å²) in [6.07, 6.45) is 2.49. The monoisotopic (exact) mass is 350 g/mol. The Morgan fingerprint density at radius 1 is 1.35 bits per heavy atom. The molecule has 1 aromatic heterocycles. The number of amides is 1. The van der Waals surface area contributed by atoms with Crippen LogP contribution >= 0.6 is 0 Å². The van der Waals surface area contributed by atoms with Crippen molar-refractivity contribution in [2.45, 2.75) is 30.7 Å². The predicted molar refractivity (Wildman–Crippen MR) is 106 cm³/mol. The Morgan fingerprint density at radius 3 is 2.65 bits per heavy atom. The van der Waals surface area contributed by atoms with Crippen molar-refractivity contribution in [1.82, 2.24) is 10.3 Å². The van der Waals surface area contributed by atoms with Crippen LogP contribution in [0.15, 0.2) is 48.7 Å². The van der Waals surface area contributed by atoms with Crippen molar-refractivity contribution in [3.63, 3.8) is 0 Å². The zero-order valence-corrected chi connectivity index (χ0v) is 15.5. The van der Waals surface area contributed by atoms with Crippen molar-refractivity contribution < 1.29 is 14.6 Å². The number of nitrogens with zero attached hydrogens (tertiary/aromatic N) is 1. The quantitative estimate of drug-likeness (QED) is 0.708. The molecule has 1 amide bonds. The molecular formula is C19H24B2N2O3. The maximum atomic E-state index is 12.5. The molecule has 5 nitrogen and oxygen atoms in total. The largest absolute Gasteiger partial charge is 0.490 e. The Labute approximate surface area is 156 Å². The molecule has 0 radical (unpaired) electrons. The van der Waals surface area contributed by atoms with Gasteiger partial charge in [0.2, 0.25) is 11.8 Å². The fourth-order valence-electron chi connectivity index (χ4n) is 3.04. The summed E-state index contributed by atoms with van der Waals surface area (Å²) in [6.45, 7) is 1.79. The number of aliphatic hydroxyl groups excluding tert-OH is 1. The highest BCUT2D eigenvalue weighted by Gasteiger charge is 2.44. The fraction of sp³-hybridized carbons (Fsp3) is 0.368. The summed E-state index contributed by atoms with van der Waals surface area (Å²) < 4.78 is 5.70. The lowest BCUT2D eigenvalue weighted by molar-refractivity contribution is -0.123. The number of hydrogen-bond acceptors (Lipinski definition) is 4. The summed E-state index contributed by atoms with van der Waals surface area (Å²) >= 11 is 0. The number of carbonyl (C=O) groups is 1. The van der Waals surface area contributed by atoms with Gasteiger partial charge in [-0.1, -0.05) is 30.3 Å². The van der Waals surface area contributed by atoms with E-state index in [1.165, 1.54) is 5.56 Å². The maximum absolute atomic E-state index is 12.5. The van der Waals surface area contributed by atoms with Gasteiger partial charge < -0.3 is 15.2 Å². The highest BCUT2D eigenvalue weighted by atomic mass is 16.5. The summed E-state index contributed by atoms with van der Waals surface area (Å²) in [5, 5.41) is 12.3. The minimum atomic E-state index is -0.462. The molecule has 26 heavy (non-hydrogen) atoms. The van der Waals surface area contributed by atoms with E-state index in [-0.39, 0.29) is 29.7 Å². The molecule has 0 unspecified atom stereocenters. The lowest BCUT2D eigenvalue weighted by Gasteiger charge is -2.21. The lowest BCUT2D eigenvalue weighted by Crippen LogP contribution is -2.33.